The molecule has 0 fully saturated rings. The smallest absolute Gasteiger partial charge is 0.105 e. The van der Waals surface area contributed by atoms with Gasteiger partial charge in [0.15, 0.2) is 0 Å². The van der Waals surface area contributed by atoms with Gasteiger partial charge in [-0.3, -0.25) is 0 Å². The molecule has 2 heteroatoms. The van der Waals surface area contributed by atoms with Gasteiger partial charge in [-0.15, -0.1) is 0 Å². The fraction of sp³-hybridized carbons (Fsp3) is 0.286. The van der Waals surface area contributed by atoms with Crippen molar-refractivity contribution in [1.82, 2.24) is 9.97 Å². The number of rotatable bonds is 7. The third kappa shape index (κ3) is 4.10. The Balaban J connectivity index is 1.62. The van der Waals surface area contributed by atoms with E-state index in [1.54, 1.807) is 0 Å². The van der Waals surface area contributed by atoms with Gasteiger partial charge in [0.2, 0.25) is 0 Å². The Hall–Kier alpha value is -2.35. The van der Waals surface area contributed by atoms with Gasteiger partial charge in [-0.25, -0.2) is 4.98 Å². The molecule has 2 aromatic carbocycles. The number of nitrogens with one attached hydrogen (secondary N) is 1. The van der Waals surface area contributed by atoms with E-state index in [1.807, 2.05) is 12.4 Å². The summed E-state index contributed by atoms with van der Waals surface area (Å²) in [4.78, 5) is 7.48. The van der Waals surface area contributed by atoms with Gasteiger partial charge in [0.1, 0.15) is 5.82 Å². The molecule has 0 bridgehead atoms. The Labute approximate surface area is 138 Å². The molecule has 1 unspecified atom stereocenters. The Morgan fingerprint density at radius 2 is 1.70 bits per heavy atom. The SMILES string of the molecule is CCC(CCCc1ncc[nH]1)c1ccc(-c2ccccc2)cc1. The lowest BCUT2D eigenvalue weighted by molar-refractivity contribution is 0.570. The van der Waals surface area contributed by atoms with Crippen molar-refractivity contribution >= 4 is 0 Å². The quantitative estimate of drug-likeness (QED) is 0.605. The summed E-state index contributed by atoms with van der Waals surface area (Å²) in [5, 5.41) is 0. The third-order valence-electron chi connectivity index (χ3n) is 4.50. The predicted octanol–water partition coefficient (Wildman–Crippen LogP) is 5.59. The lowest BCUT2D eigenvalue weighted by Gasteiger charge is -2.15. The van der Waals surface area contributed by atoms with E-state index in [4.69, 9.17) is 0 Å². The lowest BCUT2D eigenvalue weighted by atomic mass is 9.90. The average molecular weight is 304 g/mol. The number of benzene rings is 2. The Morgan fingerprint density at radius 1 is 0.957 bits per heavy atom. The van der Waals surface area contributed by atoms with Crippen LogP contribution in [0.5, 0.6) is 0 Å². The molecule has 0 spiro atoms. The maximum Gasteiger partial charge on any atom is 0.105 e. The van der Waals surface area contributed by atoms with E-state index < -0.39 is 0 Å². The van der Waals surface area contributed by atoms with Crippen molar-refractivity contribution in [2.75, 3.05) is 0 Å². The molecule has 3 rings (SSSR count). The molecule has 1 aromatic heterocycles. The van der Waals surface area contributed by atoms with Crippen LogP contribution in [0.4, 0.5) is 0 Å². The van der Waals surface area contributed by atoms with Crippen LogP contribution in [0.15, 0.2) is 67.0 Å². The number of nitrogens with zero attached hydrogens (tertiary/aromatic N) is 1. The molecule has 1 heterocycles. The van der Waals surface area contributed by atoms with Crippen molar-refractivity contribution in [3.63, 3.8) is 0 Å². The summed E-state index contributed by atoms with van der Waals surface area (Å²) < 4.78 is 0. The van der Waals surface area contributed by atoms with Crippen molar-refractivity contribution in [3.05, 3.63) is 78.4 Å². The second kappa shape index (κ2) is 7.77. The first-order chi connectivity index (χ1) is 11.4. The van der Waals surface area contributed by atoms with Crippen molar-refractivity contribution < 1.29 is 0 Å². The largest absolute Gasteiger partial charge is 0.349 e. The van der Waals surface area contributed by atoms with Crippen molar-refractivity contribution in [2.24, 2.45) is 0 Å². The first kappa shape index (κ1) is 15.5. The molecular formula is C21H24N2. The van der Waals surface area contributed by atoms with E-state index in [0.717, 1.165) is 12.2 Å². The van der Waals surface area contributed by atoms with E-state index in [1.165, 1.54) is 36.0 Å². The zero-order valence-corrected chi connectivity index (χ0v) is 13.7. The van der Waals surface area contributed by atoms with Crippen molar-refractivity contribution in [1.29, 1.82) is 0 Å². The summed E-state index contributed by atoms with van der Waals surface area (Å²) in [5.41, 5.74) is 4.02. The van der Waals surface area contributed by atoms with E-state index in [-0.39, 0.29) is 0 Å². The summed E-state index contributed by atoms with van der Waals surface area (Å²) in [5.74, 6) is 1.73. The number of aryl methyl sites for hydroxylation is 1. The summed E-state index contributed by atoms with van der Waals surface area (Å²) in [6, 6.07) is 19.7. The number of aromatic amines is 1. The molecule has 3 aromatic rings. The molecule has 0 saturated carbocycles. The van der Waals surface area contributed by atoms with E-state index >= 15 is 0 Å². The fourth-order valence-corrected chi connectivity index (χ4v) is 3.14. The lowest BCUT2D eigenvalue weighted by Crippen LogP contribution is -1.99. The molecule has 0 aliphatic carbocycles. The summed E-state index contributed by atoms with van der Waals surface area (Å²) >= 11 is 0. The maximum atomic E-state index is 4.30. The Kier molecular flexibility index (Phi) is 5.25. The fourth-order valence-electron chi connectivity index (χ4n) is 3.14. The standard InChI is InChI=1S/C21H24N2/c1-2-17(9-6-10-21-22-15-16-23-21)19-11-13-20(14-12-19)18-7-4-3-5-8-18/h3-5,7-8,11-17H,2,6,9-10H2,1H3,(H,22,23). The van der Waals surface area contributed by atoms with Gasteiger partial charge in [-0.05, 0) is 41.9 Å². The number of aromatic nitrogens is 2. The topological polar surface area (TPSA) is 28.7 Å². The highest BCUT2D eigenvalue weighted by Gasteiger charge is 2.10. The molecule has 118 valence electrons. The first-order valence-electron chi connectivity index (χ1n) is 8.50. The van der Waals surface area contributed by atoms with Crippen LogP contribution in [-0.2, 0) is 6.42 Å². The number of hydrogen-bond acceptors (Lipinski definition) is 1. The molecule has 0 radical (unpaired) electrons. The zero-order valence-electron chi connectivity index (χ0n) is 13.7. The van der Waals surface area contributed by atoms with Crippen LogP contribution in [0, 0.1) is 0 Å². The number of hydrogen-bond donors (Lipinski definition) is 1. The summed E-state index contributed by atoms with van der Waals surface area (Å²) in [6.07, 6.45) is 8.33. The highest BCUT2D eigenvalue weighted by molar-refractivity contribution is 5.63. The molecule has 1 N–H and O–H groups in total. The van der Waals surface area contributed by atoms with Crippen LogP contribution < -0.4 is 0 Å². The Bertz CT molecular complexity index is 684. The summed E-state index contributed by atoms with van der Waals surface area (Å²) in [6.45, 7) is 2.28. The van der Waals surface area contributed by atoms with Crippen LogP contribution in [-0.4, -0.2) is 9.97 Å². The molecule has 2 nitrogen and oxygen atoms in total. The molecule has 0 aliphatic heterocycles. The first-order valence-corrected chi connectivity index (χ1v) is 8.50. The maximum absolute atomic E-state index is 4.30. The number of H-pyrrole nitrogens is 1. The molecule has 1 atom stereocenters. The van der Waals surface area contributed by atoms with Gasteiger partial charge in [-0.1, -0.05) is 61.5 Å². The second-order valence-corrected chi connectivity index (χ2v) is 6.02. The highest BCUT2D eigenvalue weighted by Crippen LogP contribution is 2.28. The van der Waals surface area contributed by atoms with Crippen molar-refractivity contribution in [3.8, 4) is 11.1 Å². The molecule has 0 aliphatic rings. The highest BCUT2D eigenvalue weighted by atomic mass is 14.9. The molecule has 0 saturated heterocycles. The minimum Gasteiger partial charge on any atom is -0.349 e. The van der Waals surface area contributed by atoms with Gasteiger partial charge in [0.05, 0.1) is 0 Å². The van der Waals surface area contributed by atoms with Gasteiger partial charge < -0.3 is 4.98 Å². The van der Waals surface area contributed by atoms with Crippen LogP contribution in [0.3, 0.4) is 0 Å². The summed E-state index contributed by atoms with van der Waals surface area (Å²) in [7, 11) is 0. The normalized spacial score (nSPS) is 12.2. The minimum atomic E-state index is 0.634. The second-order valence-electron chi connectivity index (χ2n) is 6.02. The van der Waals surface area contributed by atoms with Gasteiger partial charge >= 0.3 is 0 Å². The number of imidazole rings is 1. The van der Waals surface area contributed by atoms with Gasteiger partial charge in [0.25, 0.3) is 0 Å². The average Bonchev–Trinajstić information content (AvgIpc) is 3.13. The van der Waals surface area contributed by atoms with E-state index in [2.05, 4.69) is 71.5 Å². The molecule has 23 heavy (non-hydrogen) atoms. The van der Waals surface area contributed by atoms with Crippen LogP contribution >= 0.6 is 0 Å². The van der Waals surface area contributed by atoms with Gasteiger partial charge in [-0.2, -0.15) is 0 Å². The monoisotopic (exact) mass is 304 g/mol. The Morgan fingerprint density at radius 3 is 2.35 bits per heavy atom. The molecular weight excluding hydrogens is 280 g/mol. The van der Waals surface area contributed by atoms with Crippen LogP contribution in [0.1, 0.15) is 43.5 Å². The zero-order chi connectivity index (χ0) is 15.9. The van der Waals surface area contributed by atoms with E-state index in [9.17, 15) is 0 Å². The van der Waals surface area contributed by atoms with Crippen molar-refractivity contribution in [2.45, 2.75) is 38.5 Å². The van der Waals surface area contributed by atoms with Crippen LogP contribution in [0.2, 0.25) is 0 Å². The molecule has 0 amide bonds. The minimum absolute atomic E-state index is 0.634. The van der Waals surface area contributed by atoms with E-state index in [0.29, 0.717) is 5.92 Å². The third-order valence-corrected chi connectivity index (χ3v) is 4.50. The van der Waals surface area contributed by atoms with Crippen LogP contribution in [0.25, 0.3) is 11.1 Å². The van der Waals surface area contributed by atoms with Gasteiger partial charge in [0, 0.05) is 18.8 Å². The predicted molar refractivity (Wildman–Crippen MR) is 96.4 cm³/mol.